The van der Waals surface area contributed by atoms with Crippen molar-refractivity contribution in [1.29, 1.82) is 0 Å². The van der Waals surface area contributed by atoms with Crippen LogP contribution in [0.25, 0.3) is 10.9 Å². The van der Waals surface area contributed by atoms with Gasteiger partial charge in [-0.2, -0.15) is 10.2 Å². The van der Waals surface area contributed by atoms with Crippen LogP contribution in [0.3, 0.4) is 0 Å². The molecule has 0 unspecified atom stereocenters. The third kappa shape index (κ3) is 1.05. The van der Waals surface area contributed by atoms with E-state index in [1.807, 2.05) is 18.2 Å². The number of hydrogen-bond acceptors (Lipinski definition) is 3. The second-order valence-corrected chi connectivity index (χ2v) is 3.57. The third-order valence-electron chi connectivity index (χ3n) is 2.63. The summed E-state index contributed by atoms with van der Waals surface area (Å²) in [7, 11) is 0. The molecular formula is C11H11N3. The molecular weight excluding hydrogens is 174 g/mol. The number of aryl methyl sites for hydroxylation is 1. The Morgan fingerprint density at radius 3 is 3.07 bits per heavy atom. The molecule has 3 heteroatoms. The molecule has 14 heavy (non-hydrogen) atoms. The zero-order chi connectivity index (χ0) is 9.38. The topological polar surface area (TPSA) is 37.8 Å². The lowest BCUT2D eigenvalue weighted by Crippen LogP contribution is -2.14. The van der Waals surface area contributed by atoms with Gasteiger partial charge < -0.3 is 5.32 Å². The van der Waals surface area contributed by atoms with Crippen LogP contribution in [0.5, 0.6) is 0 Å². The molecule has 0 saturated heterocycles. The highest BCUT2D eigenvalue weighted by atomic mass is 15.1. The van der Waals surface area contributed by atoms with Crippen LogP contribution in [0.4, 0.5) is 5.69 Å². The molecule has 0 amide bonds. The van der Waals surface area contributed by atoms with Gasteiger partial charge >= 0.3 is 0 Å². The number of nitrogens with zero attached hydrogens (tertiary/aromatic N) is 2. The summed E-state index contributed by atoms with van der Waals surface area (Å²) < 4.78 is 0. The smallest absolute Gasteiger partial charge is 0.0950 e. The highest BCUT2D eigenvalue weighted by molar-refractivity contribution is 5.92. The van der Waals surface area contributed by atoms with Crippen LogP contribution in [-0.4, -0.2) is 16.7 Å². The van der Waals surface area contributed by atoms with Crippen molar-refractivity contribution >= 4 is 16.6 Å². The van der Waals surface area contributed by atoms with Crippen LogP contribution in [0.15, 0.2) is 24.3 Å². The number of hydrogen-bond donors (Lipinski definition) is 1. The first-order valence-electron chi connectivity index (χ1n) is 4.93. The lowest BCUT2D eigenvalue weighted by molar-refractivity contribution is 0.784. The highest BCUT2D eigenvalue weighted by Gasteiger charge is 2.13. The molecule has 1 aliphatic heterocycles. The Morgan fingerprint density at radius 1 is 1.14 bits per heavy atom. The fourth-order valence-corrected chi connectivity index (χ4v) is 1.93. The van der Waals surface area contributed by atoms with Gasteiger partial charge in [0.15, 0.2) is 0 Å². The normalized spacial score (nSPS) is 14.9. The molecule has 70 valence electrons. The predicted octanol–water partition coefficient (Wildman–Crippen LogP) is 1.99. The predicted molar refractivity (Wildman–Crippen MR) is 56.3 cm³/mol. The van der Waals surface area contributed by atoms with Gasteiger partial charge in [-0.15, -0.1) is 0 Å². The minimum Gasteiger partial charge on any atom is -0.383 e. The van der Waals surface area contributed by atoms with Crippen molar-refractivity contribution in [2.45, 2.75) is 12.8 Å². The Labute approximate surface area is 82.2 Å². The summed E-state index contributed by atoms with van der Waals surface area (Å²) in [5, 5.41) is 13.0. The van der Waals surface area contributed by atoms with Gasteiger partial charge in [-0.25, -0.2) is 0 Å². The first-order chi connectivity index (χ1) is 6.95. The molecule has 0 atom stereocenters. The lowest BCUT2D eigenvalue weighted by Gasteiger charge is -2.17. The number of anilines is 1. The van der Waals surface area contributed by atoms with Crippen molar-refractivity contribution in [3.05, 3.63) is 30.0 Å². The zero-order valence-corrected chi connectivity index (χ0v) is 7.83. The number of nitrogens with one attached hydrogen (secondary N) is 1. The zero-order valence-electron chi connectivity index (χ0n) is 7.83. The maximum atomic E-state index is 4.23. The molecule has 0 aliphatic carbocycles. The number of aromatic nitrogens is 2. The van der Waals surface area contributed by atoms with Gasteiger partial charge in [-0.3, -0.25) is 0 Å². The fraction of sp³-hybridized carbons (Fsp3) is 0.273. The number of rotatable bonds is 0. The summed E-state index contributed by atoms with van der Waals surface area (Å²) in [5.41, 5.74) is 3.26. The summed E-state index contributed by atoms with van der Waals surface area (Å²) in [6, 6.07) is 8.13. The molecule has 3 rings (SSSR count). The average Bonchev–Trinajstić information content (AvgIpc) is 2.29. The number of benzene rings is 1. The van der Waals surface area contributed by atoms with Gasteiger partial charge in [0.05, 0.1) is 16.9 Å². The minimum atomic E-state index is 0.973. The van der Waals surface area contributed by atoms with Crippen molar-refractivity contribution in [3.63, 3.8) is 0 Å². The second kappa shape index (κ2) is 2.94. The van der Waals surface area contributed by atoms with Crippen LogP contribution in [0.1, 0.15) is 12.1 Å². The Balaban J connectivity index is 2.34. The quantitative estimate of drug-likeness (QED) is 0.682. The average molecular weight is 185 g/mol. The van der Waals surface area contributed by atoms with E-state index in [2.05, 4.69) is 21.6 Å². The summed E-state index contributed by atoms with van der Waals surface area (Å²) in [6.07, 6.45) is 2.19. The van der Waals surface area contributed by atoms with Gasteiger partial charge in [0.25, 0.3) is 0 Å². The molecule has 1 aromatic heterocycles. The first kappa shape index (κ1) is 7.74. The van der Waals surface area contributed by atoms with Crippen LogP contribution in [0, 0.1) is 0 Å². The molecule has 2 heterocycles. The van der Waals surface area contributed by atoms with E-state index in [1.54, 1.807) is 0 Å². The number of fused-ring (bicyclic) bond motifs is 3. The van der Waals surface area contributed by atoms with E-state index >= 15 is 0 Å². The van der Waals surface area contributed by atoms with Gasteiger partial charge in [-0.05, 0) is 18.9 Å². The maximum absolute atomic E-state index is 4.23. The van der Waals surface area contributed by atoms with Gasteiger partial charge in [0, 0.05) is 11.9 Å². The van der Waals surface area contributed by atoms with Gasteiger partial charge in [0.2, 0.25) is 0 Å². The Morgan fingerprint density at radius 2 is 2.07 bits per heavy atom. The molecule has 0 bridgehead atoms. The maximum Gasteiger partial charge on any atom is 0.0950 e. The molecule has 1 aromatic carbocycles. The lowest BCUT2D eigenvalue weighted by atomic mass is 10.1. The van der Waals surface area contributed by atoms with Crippen LogP contribution in [-0.2, 0) is 6.42 Å². The Hall–Kier alpha value is -1.64. The molecule has 0 radical (unpaired) electrons. The van der Waals surface area contributed by atoms with E-state index in [0.717, 1.165) is 30.6 Å². The molecule has 1 aliphatic rings. The van der Waals surface area contributed by atoms with E-state index in [-0.39, 0.29) is 0 Å². The second-order valence-electron chi connectivity index (χ2n) is 3.57. The van der Waals surface area contributed by atoms with Crippen molar-refractivity contribution in [1.82, 2.24) is 10.2 Å². The first-order valence-corrected chi connectivity index (χ1v) is 4.93. The molecule has 0 fully saturated rings. The summed E-state index contributed by atoms with van der Waals surface area (Å²) in [6.45, 7) is 1.04. The Bertz CT molecular complexity index is 479. The van der Waals surface area contributed by atoms with E-state index in [0.29, 0.717) is 0 Å². The summed E-state index contributed by atoms with van der Waals surface area (Å²) in [4.78, 5) is 0. The van der Waals surface area contributed by atoms with E-state index < -0.39 is 0 Å². The highest BCUT2D eigenvalue weighted by Crippen LogP contribution is 2.27. The van der Waals surface area contributed by atoms with E-state index in [1.165, 1.54) is 11.1 Å². The molecule has 1 N–H and O–H groups in total. The SMILES string of the molecule is c1ccc2c3c(nnc2c1)CCCN3. The van der Waals surface area contributed by atoms with Crippen LogP contribution < -0.4 is 5.32 Å². The van der Waals surface area contributed by atoms with E-state index in [4.69, 9.17) is 0 Å². The summed E-state index contributed by atoms with van der Waals surface area (Å²) in [5.74, 6) is 0. The molecule has 0 spiro atoms. The van der Waals surface area contributed by atoms with Crippen molar-refractivity contribution in [2.75, 3.05) is 11.9 Å². The van der Waals surface area contributed by atoms with Crippen molar-refractivity contribution in [3.8, 4) is 0 Å². The Kier molecular flexibility index (Phi) is 1.63. The largest absolute Gasteiger partial charge is 0.383 e. The molecule has 2 aromatic rings. The van der Waals surface area contributed by atoms with Crippen LogP contribution >= 0.6 is 0 Å². The van der Waals surface area contributed by atoms with Crippen molar-refractivity contribution in [2.24, 2.45) is 0 Å². The fourth-order valence-electron chi connectivity index (χ4n) is 1.93. The third-order valence-corrected chi connectivity index (χ3v) is 2.63. The summed E-state index contributed by atoms with van der Waals surface area (Å²) >= 11 is 0. The van der Waals surface area contributed by atoms with E-state index in [9.17, 15) is 0 Å². The molecule has 0 saturated carbocycles. The molecule has 3 nitrogen and oxygen atoms in total. The van der Waals surface area contributed by atoms with Crippen molar-refractivity contribution < 1.29 is 0 Å². The van der Waals surface area contributed by atoms with Gasteiger partial charge in [-0.1, -0.05) is 18.2 Å². The monoisotopic (exact) mass is 185 g/mol. The minimum absolute atomic E-state index is 0.973. The standard InChI is InChI=1S/C11H11N3/c1-2-5-9-8(4-1)11-10(14-13-9)6-3-7-12-11/h1-2,4-5,12H,3,6-7H2. The van der Waals surface area contributed by atoms with Gasteiger partial charge in [0.1, 0.15) is 0 Å². The van der Waals surface area contributed by atoms with Crippen LogP contribution in [0.2, 0.25) is 0 Å².